The zero-order valence-electron chi connectivity index (χ0n) is 31.3. The number of para-hydroxylation sites is 2. The molecule has 1 aliphatic rings. The van der Waals surface area contributed by atoms with Crippen molar-refractivity contribution in [2.45, 2.75) is 5.41 Å². The van der Waals surface area contributed by atoms with Crippen LogP contribution in [0.4, 0.5) is 0 Å². The highest BCUT2D eigenvalue weighted by atomic mass is 32.1. The lowest BCUT2D eigenvalue weighted by atomic mass is 9.67. The Morgan fingerprint density at radius 1 is 0.414 bits per heavy atom. The molecule has 12 aromatic rings. The van der Waals surface area contributed by atoms with Crippen LogP contribution in [0.5, 0.6) is 0 Å². The van der Waals surface area contributed by atoms with Crippen molar-refractivity contribution in [3.63, 3.8) is 0 Å². The third kappa shape index (κ3) is 4.16. The molecule has 2 nitrogen and oxygen atoms in total. The maximum atomic E-state index is 6.38. The van der Waals surface area contributed by atoms with E-state index in [9.17, 15) is 0 Å². The minimum absolute atomic E-state index is 0.433. The molecule has 3 heterocycles. The van der Waals surface area contributed by atoms with Gasteiger partial charge in [0.2, 0.25) is 0 Å². The van der Waals surface area contributed by atoms with Crippen LogP contribution in [-0.2, 0) is 5.41 Å². The molecule has 0 saturated heterocycles. The maximum Gasteiger partial charge on any atom is 0.136 e. The van der Waals surface area contributed by atoms with Crippen molar-refractivity contribution in [3.8, 4) is 27.9 Å². The van der Waals surface area contributed by atoms with Gasteiger partial charge in [0.15, 0.2) is 0 Å². The molecule has 0 fully saturated rings. The van der Waals surface area contributed by atoms with Gasteiger partial charge in [-0.2, -0.15) is 0 Å². The predicted octanol–water partition coefficient (Wildman–Crippen LogP) is 15.1. The summed E-state index contributed by atoms with van der Waals surface area (Å²) in [5, 5.41) is 7.35. The molecule has 0 unspecified atom stereocenters. The summed E-state index contributed by atoms with van der Waals surface area (Å²) >= 11 is 1.88. The van der Waals surface area contributed by atoms with Gasteiger partial charge >= 0.3 is 0 Å². The third-order valence-electron chi connectivity index (χ3n) is 12.7. The fourth-order valence-corrected chi connectivity index (χ4v) is 11.6. The highest BCUT2D eigenvalue weighted by Crippen LogP contribution is 2.58. The Labute approximate surface area is 338 Å². The predicted molar refractivity (Wildman–Crippen MR) is 244 cm³/mol. The molecule has 0 atom stereocenters. The van der Waals surface area contributed by atoms with Gasteiger partial charge in [-0.3, -0.25) is 0 Å². The van der Waals surface area contributed by atoms with Gasteiger partial charge in [0.1, 0.15) is 11.2 Å². The van der Waals surface area contributed by atoms with Gasteiger partial charge in [0.05, 0.1) is 22.1 Å². The van der Waals surface area contributed by atoms with E-state index in [2.05, 4.69) is 199 Å². The topological polar surface area (TPSA) is 18.1 Å². The molecule has 0 N–H and O–H groups in total. The number of fused-ring (bicyclic) bond motifs is 13. The van der Waals surface area contributed by atoms with Crippen molar-refractivity contribution < 1.29 is 4.42 Å². The first-order chi connectivity index (χ1) is 28.8. The molecular weight excluding hydrogens is 723 g/mol. The summed E-state index contributed by atoms with van der Waals surface area (Å²) in [7, 11) is 0. The number of hydrogen-bond donors (Lipinski definition) is 0. The Balaban J connectivity index is 1.05. The average Bonchev–Trinajstić information content (AvgIpc) is 4.03. The SMILES string of the molecule is c1ccc(C2(c3ccccc3)c3ccccc3-c3c(-c4ccc5c(c4)sc4cccc(-n6c7ccccc7c7c8c(ccc76)oc6ccccc68)c45)cccc32)cc1. The minimum atomic E-state index is -0.433. The summed E-state index contributed by atoms with van der Waals surface area (Å²) < 4.78 is 11.4. The summed E-state index contributed by atoms with van der Waals surface area (Å²) in [6.45, 7) is 0. The quantitative estimate of drug-likeness (QED) is 0.175. The Morgan fingerprint density at radius 2 is 1.10 bits per heavy atom. The summed E-state index contributed by atoms with van der Waals surface area (Å²) in [5.41, 5.74) is 15.3. The number of rotatable bonds is 4. The Kier molecular flexibility index (Phi) is 6.56. The molecule has 270 valence electrons. The van der Waals surface area contributed by atoms with Crippen molar-refractivity contribution in [3.05, 3.63) is 222 Å². The first-order valence-electron chi connectivity index (χ1n) is 19.9. The molecule has 0 bridgehead atoms. The Hall–Kier alpha value is -7.20. The lowest BCUT2D eigenvalue weighted by Gasteiger charge is -2.34. The van der Waals surface area contributed by atoms with Gasteiger partial charge < -0.3 is 8.98 Å². The molecule has 0 radical (unpaired) electrons. The van der Waals surface area contributed by atoms with Crippen molar-refractivity contribution in [1.29, 1.82) is 0 Å². The molecule has 0 saturated carbocycles. The van der Waals surface area contributed by atoms with Crippen LogP contribution in [0.3, 0.4) is 0 Å². The maximum absolute atomic E-state index is 6.38. The molecule has 0 aliphatic heterocycles. The zero-order valence-corrected chi connectivity index (χ0v) is 32.1. The lowest BCUT2D eigenvalue weighted by Crippen LogP contribution is -2.28. The van der Waals surface area contributed by atoms with Crippen LogP contribution >= 0.6 is 11.3 Å². The monoisotopic (exact) mass is 755 g/mol. The molecule has 1 aliphatic carbocycles. The third-order valence-corrected chi connectivity index (χ3v) is 13.8. The van der Waals surface area contributed by atoms with Crippen molar-refractivity contribution in [2.75, 3.05) is 0 Å². The van der Waals surface area contributed by atoms with Gasteiger partial charge in [0, 0.05) is 41.7 Å². The number of hydrogen-bond acceptors (Lipinski definition) is 2. The van der Waals surface area contributed by atoms with Crippen LogP contribution in [0.25, 0.3) is 91.9 Å². The fourth-order valence-electron chi connectivity index (χ4n) is 10.4. The molecule has 0 amide bonds. The van der Waals surface area contributed by atoms with E-state index in [0.717, 1.165) is 16.6 Å². The largest absolute Gasteiger partial charge is 0.456 e. The summed E-state index contributed by atoms with van der Waals surface area (Å²) in [4.78, 5) is 0. The summed E-state index contributed by atoms with van der Waals surface area (Å²) in [6, 6.07) is 73.6. The smallest absolute Gasteiger partial charge is 0.136 e. The van der Waals surface area contributed by atoms with Gasteiger partial charge in [-0.1, -0.05) is 158 Å². The highest BCUT2D eigenvalue weighted by Gasteiger charge is 2.46. The van der Waals surface area contributed by atoms with Crippen LogP contribution in [0.2, 0.25) is 0 Å². The van der Waals surface area contributed by atoms with Crippen LogP contribution in [0.15, 0.2) is 205 Å². The first-order valence-corrected chi connectivity index (χ1v) is 20.7. The van der Waals surface area contributed by atoms with Gasteiger partial charge in [-0.05, 0) is 87.0 Å². The number of aromatic nitrogens is 1. The van der Waals surface area contributed by atoms with Crippen LogP contribution in [0.1, 0.15) is 22.3 Å². The van der Waals surface area contributed by atoms with Crippen molar-refractivity contribution in [1.82, 2.24) is 4.57 Å². The zero-order chi connectivity index (χ0) is 38.0. The summed E-state index contributed by atoms with van der Waals surface area (Å²) in [5.74, 6) is 0. The second-order valence-electron chi connectivity index (χ2n) is 15.5. The van der Waals surface area contributed by atoms with Crippen LogP contribution in [-0.4, -0.2) is 4.57 Å². The van der Waals surface area contributed by atoms with Crippen molar-refractivity contribution >= 4 is 75.3 Å². The van der Waals surface area contributed by atoms with E-state index in [1.54, 1.807) is 0 Å². The average molecular weight is 756 g/mol. The van der Waals surface area contributed by atoms with E-state index in [4.69, 9.17) is 4.42 Å². The highest BCUT2D eigenvalue weighted by molar-refractivity contribution is 7.26. The number of thiophene rings is 1. The van der Waals surface area contributed by atoms with E-state index in [1.165, 1.54) is 97.6 Å². The molecular formula is C55H33NOS. The lowest BCUT2D eigenvalue weighted by molar-refractivity contribution is 0.669. The van der Waals surface area contributed by atoms with Gasteiger partial charge in [-0.25, -0.2) is 0 Å². The molecule has 9 aromatic carbocycles. The molecule has 0 spiro atoms. The van der Waals surface area contributed by atoms with E-state index in [-0.39, 0.29) is 0 Å². The van der Waals surface area contributed by atoms with Gasteiger partial charge in [0.25, 0.3) is 0 Å². The van der Waals surface area contributed by atoms with E-state index >= 15 is 0 Å². The van der Waals surface area contributed by atoms with E-state index in [0.29, 0.717) is 0 Å². The molecule has 58 heavy (non-hydrogen) atoms. The standard InChI is InChI=1S/C55H33NOS/c1-3-15-35(16-4-1)55(36-17-5-2-6-18-36)42-23-10-7-19-38(42)51-37(22-13-24-43(51)55)34-29-30-41-50(33-34)58-49-28-14-26-45(52(41)49)56-44-25-11-8-20-39(44)53-46(56)31-32-48-54(53)40-21-9-12-27-47(40)57-48/h1-33H. The summed E-state index contributed by atoms with van der Waals surface area (Å²) in [6.07, 6.45) is 0. The van der Waals surface area contributed by atoms with E-state index in [1.807, 2.05) is 17.4 Å². The van der Waals surface area contributed by atoms with Crippen LogP contribution < -0.4 is 0 Å². The fraction of sp³-hybridized carbons (Fsp3) is 0.0182. The first kappa shape index (κ1) is 31.9. The Bertz CT molecular complexity index is 3580. The van der Waals surface area contributed by atoms with Crippen LogP contribution in [0, 0.1) is 0 Å². The number of nitrogens with zero attached hydrogens (tertiary/aromatic N) is 1. The minimum Gasteiger partial charge on any atom is -0.456 e. The molecule has 3 aromatic heterocycles. The second-order valence-corrected chi connectivity index (χ2v) is 16.6. The van der Waals surface area contributed by atoms with Gasteiger partial charge in [-0.15, -0.1) is 11.3 Å². The van der Waals surface area contributed by atoms with E-state index < -0.39 is 5.41 Å². The molecule has 13 rings (SSSR count). The Morgan fingerprint density at radius 3 is 1.95 bits per heavy atom. The number of furan rings is 1. The van der Waals surface area contributed by atoms with Crippen molar-refractivity contribution in [2.24, 2.45) is 0 Å². The normalized spacial score (nSPS) is 13.3. The number of benzene rings is 9. The second kappa shape index (κ2) is 11.9. The molecule has 3 heteroatoms.